The van der Waals surface area contributed by atoms with Crippen molar-refractivity contribution in [2.24, 2.45) is 0 Å². The van der Waals surface area contributed by atoms with Crippen LogP contribution in [0.3, 0.4) is 0 Å². The standard InChI is InChI=1S/C11H10BrClN2O2/c1-2-9(16)10-14-11(17-15-10)6-3-4-8(13)7(12)5-6/h3-5,9,16H,2H2,1H3. The van der Waals surface area contributed by atoms with E-state index in [1.54, 1.807) is 18.2 Å². The number of aliphatic hydroxyl groups excluding tert-OH is 1. The molecule has 0 aliphatic rings. The zero-order valence-corrected chi connectivity index (χ0v) is 11.4. The Morgan fingerprint density at radius 1 is 1.53 bits per heavy atom. The second-order valence-corrected chi connectivity index (χ2v) is 4.77. The molecule has 0 spiro atoms. The summed E-state index contributed by atoms with van der Waals surface area (Å²) in [5, 5.41) is 13.9. The second kappa shape index (κ2) is 5.16. The Bertz CT molecular complexity index is 530. The molecule has 0 radical (unpaired) electrons. The molecule has 6 heteroatoms. The Morgan fingerprint density at radius 2 is 2.29 bits per heavy atom. The first-order valence-corrected chi connectivity index (χ1v) is 6.26. The normalized spacial score (nSPS) is 12.7. The molecule has 2 rings (SSSR count). The number of hydrogen-bond donors (Lipinski definition) is 1. The zero-order chi connectivity index (χ0) is 12.4. The van der Waals surface area contributed by atoms with Crippen LogP contribution < -0.4 is 0 Å². The number of halogens is 2. The highest BCUT2D eigenvalue weighted by atomic mass is 79.9. The zero-order valence-electron chi connectivity index (χ0n) is 9.02. The Hall–Kier alpha value is -0.910. The molecule has 0 saturated heterocycles. The Kier molecular flexibility index (Phi) is 3.81. The Balaban J connectivity index is 2.33. The van der Waals surface area contributed by atoms with Gasteiger partial charge in [-0.05, 0) is 40.5 Å². The van der Waals surface area contributed by atoms with E-state index in [-0.39, 0.29) is 0 Å². The predicted octanol–water partition coefficient (Wildman–Crippen LogP) is 3.60. The lowest BCUT2D eigenvalue weighted by molar-refractivity contribution is 0.159. The van der Waals surface area contributed by atoms with Crippen LogP contribution >= 0.6 is 27.5 Å². The highest BCUT2D eigenvalue weighted by molar-refractivity contribution is 9.10. The third kappa shape index (κ3) is 2.68. The lowest BCUT2D eigenvalue weighted by Gasteiger charge is -1.99. The van der Waals surface area contributed by atoms with Gasteiger partial charge in [0.2, 0.25) is 5.82 Å². The molecule has 1 aromatic carbocycles. The quantitative estimate of drug-likeness (QED) is 0.939. The molecule has 1 N–H and O–H groups in total. The van der Waals surface area contributed by atoms with Crippen LogP contribution in [0.15, 0.2) is 27.2 Å². The van der Waals surface area contributed by atoms with Crippen LogP contribution in [0.1, 0.15) is 25.3 Å². The van der Waals surface area contributed by atoms with Crippen molar-refractivity contribution >= 4 is 27.5 Å². The number of hydrogen-bond acceptors (Lipinski definition) is 4. The number of aliphatic hydroxyl groups is 1. The van der Waals surface area contributed by atoms with Crippen LogP contribution in [0.4, 0.5) is 0 Å². The first kappa shape index (κ1) is 12.5. The summed E-state index contributed by atoms with van der Waals surface area (Å²) in [4.78, 5) is 4.13. The van der Waals surface area contributed by atoms with Gasteiger partial charge in [-0.2, -0.15) is 4.98 Å². The van der Waals surface area contributed by atoms with Gasteiger partial charge in [0.1, 0.15) is 6.10 Å². The minimum atomic E-state index is -0.691. The molecule has 0 saturated carbocycles. The maximum Gasteiger partial charge on any atom is 0.258 e. The van der Waals surface area contributed by atoms with E-state index in [2.05, 4.69) is 26.1 Å². The summed E-state index contributed by atoms with van der Waals surface area (Å²) in [6.07, 6.45) is -0.147. The van der Waals surface area contributed by atoms with Crippen LogP contribution in [-0.4, -0.2) is 15.2 Å². The maximum absolute atomic E-state index is 9.57. The number of rotatable bonds is 3. The van der Waals surface area contributed by atoms with Gasteiger partial charge in [-0.25, -0.2) is 0 Å². The molecular weight excluding hydrogens is 307 g/mol. The summed E-state index contributed by atoms with van der Waals surface area (Å²) in [5.74, 6) is 0.665. The van der Waals surface area contributed by atoms with Crippen molar-refractivity contribution in [1.82, 2.24) is 10.1 Å². The topological polar surface area (TPSA) is 59.2 Å². The first-order chi connectivity index (χ1) is 8.11. The second-order valence-electron chi connectivity index (χ2n) is 3.51. The van der Waals surface area contributed by atoms with Crippen LogP contribution in [0.25, 0.3) is 11.5 Å². The predicted molar refractivity (Wildman–Crippen MR) is 67.7 cm³/mol. The van der Waals surface area contributed by atoms with E-state index in [1.165, 1.54) is 0 Å². The molecule has 90 valence electrons. The lowest BCUT2D eigenvalue weighted by atomic mass is 10.2. The van der Waals surface area contributed by atoms with Crippen LogP contribution in [0.5, 0.6) is 0 Å². The molecule has 0 bridgehead atoms. The summed E-state index contributed by atoms with van der Waals surface area (Å²) < 4.78 is 5.84. The van der Waals surface area contributed by atoms with E-state index < -0.39 is 6.10 Å². The highest BCUT2D eigenvalue weighted by Gasteiger charge is 2.15. The molecule has 0 fully saturated rings. The van der Waals surface area contributed by atoms with E-state index in [0.29, 0.717) is 23.2 Å². The lowest BCUT2D eigenvalue weighted by Crippen LogP contribution is -1.97. The van der Waals surface area contributed by atoms with E-state index in [9.17, 15) is 5.11 Å². The third-order valence-corrected chi connectivity index (χ3v) is 3.51. The fourth-order valence-electron chi connectivity index (χ4n) is 1.30. The molecule has 4 nitrogen and oxygen atoms in total. The van der Waals surface area contributed by atoms with Crippen molar-refractivity contribution in [3.63, 3.8) is 0 Å². The van der Waals surface area contributed by atoms with E-state index in [4.69, 9.17) is 16.1 Å². The average Bonchev–Trinajstić information content (AvgIpc) is 2.81. The van der Waals surface area contributed by atoms with Gasteiger partial charge in [0.15, 0.2) is 0 Å². The molecule has 1 aromatic heterocycles. The van der Waals surface area contributed by atoms with Crippen molar-refractivity contribution in [2.45, 2.75) is 19.4 Å². The SMILES string of the molecule is CCC(O)c1noc(-c2ccc(Cl)c(Br)c2)n1. The van der Waals surface area contributed by atoms with Gasteiger partial charge in [-0.15, -0.1) is 0 Å². The number of aromatic nitrogens is 2. The van der Waals surface area contributed by atoms with Crippen molar-refractivity contribution in [3.8, 4) is 11.5 Å². The monoisotopic (exact) mass is 316 g/mol. The largest absolute Gasteiger partial charge is 0.385 e. The fourth-order valence-corrected chi connectivity index (χ4v) is 1.80. The van der Waals surface area contributed by atoms with Crippen molar-refractivity contribution in [1.29, 1.82) is 0 Å². The minimum Gasteiger partial charge on any atom is -0.385 e. The average molecular weight is 318 g/mol. The molecule has 1 unspecified atom stereocenters. The molecule has 17 heavy (non-hydrogen) atoms. The molecule has 1 heterocycles. The summed E-state index contributed by atoms with van der Waals surface area (Å²) in [6.45, 7) is 1.85. The summed E-state index contributed by atoms with van der Waals surface area (Å²) >= 11 is 9.21. The molecule has 0 aliphatic heterocycles. The van der Waals surface area contributed by atoms with Gasteiger partial charge in [0.05, 0.1) is 5.02 Å². The van der Waals surface area contributed by atoms with Crippen LogP contribution in [0.2, 0.25) is 5.02 Å². The van der Waals surface area contributed by atoms with Gasteiger partial charge in [0.25, 0.3) is 5.89 Å². The fraction of sp³-hybridized carbons (Fsp3) is 0.273. The Morgan fingerprint density at radius 3 is 2.94 bits per heavy atom. The summed E-state index contributed by atoms with van der Waals surface area (Å²) in [7, 11) is 0. The number of nitrogens with zero attached hydrogens (tertiary/aromatic N) is 2. The van der Waals surface area contributed by atoms with Gasteiger partial charge in [-0.1, -0.05) is 23.7 Å². The highest BCUT2D eigenvalue weighted by Crippen LogP contribution is 2.28. The van der Waals surface area contributed by atoms with Gasteiger partial charge in [0, 0.05) is 10.0 Å². The minimum absolute atomic E-state index is 0.300. The Labute approximate surface area is 112 Å². The first-order valence-electron chi connectivity index (χ1n) is 5.09. The van der Waals surface area contributed by atoms with Crippen LogP contribution in [0, 0.1) is 0 Å². The summed E-state index contributed by atoms with van der Waals surface area (Å²) in [6, 6.07) is 5.31. The molecular formula is C11H10BrClN2O2. The van der Waals surface area contributed by atoms with Crippen LogP contribution in [-0.2, 0) is 0 Å². The number of benzene rings is 1. The van der Waals surface area contributed by atoms with E-state index in [0.717, 1.165) is 10.0 Å². The third-order valence-electron chi connectivity index (χ3n) is 2.29. The molecule has 0 amide bonds. The van der Waals surface area contributed by atoms with Gasteiger partial charge >= 0.3 is 0 Å². The van der Waals surface area contributed by atoms with Crippen molar-refractivity contribution in [3.05, 3.63) is 33.5 Å². The molecule has 1 atom stereocenters. The van der Waals surface area contributed by atoms with Crippen molar-refractivity contribution < 1.29 is 9.63 Å². The van der Waals surface area contributed by atoms with E-state index >= 15 is 0 Å². The summed E-state index contributed by atoms with van der Waals surface area (Å²) in [5.41, 5.74) is 0.753. The molecule has 0 aliphatic carbocycles. The van der Waals surface area contributed by atoms with E-state index in [1.807, 2.05) is 6.92 Å². The molecule has 2 aromatic rings. The van der Waals surface area contributed by atoms with Crippen molar-refractivity contribution in [2.75, 3.05) is 0 Å². The maximum atomic E-state index is 9.57. The smallest absolute Gasteiger partial charge is 0.258 e. The van der Waals surface area contributed by atoms with Gasteiger partial charge in [-0.3, -0.25) is 0 Å². The van der Waals surface area contributed by atoms with Gasteiger partial charge < -0.3 is 9.63 Å².